The zero-order valence-corrected chi connectivity index (χ0v) is 8.92. The predicted octanol–water partition coefficient (Wildman–Crippen LogP) is 0.773. The number of fused-ring (bicyclic) bond motifs is 1. The van der Waals surface area contributed by atoms with Crippen LogP contribution < -0.4 is 11.1 Å². The molecule has 5 nitrogen and oxygen atoms in total. The minimum Gasteiger partial charge on any atom is -0.328 e. The van der Waals surface area contributed by atoms with Gasteiger partial charge in [0.05, 0.1) is 11.1 Å². The molecule has 0 spiro atoms. The monoisotopic (exact) mass is 207 g/mol. The molecule has 15 heavy (non-hydrogen) atoms. The Labute approximate surface area is 85.7 Å². The van der Waals surface area contributed by atoms with Crippen LogP contribution in [-0.4, -0.2) is 14.8 Å². The fourth-order valence-corrected chi connectivity index (χ4v) is 1.62. The first-order chi connectivity index (χ1) is 6.91. The molecule has 2 rings (SSSR count). The molecule has 0 unspecified atom stereocenters. The Hall–Kier alpha value is -1.78. The van der Waals surface area contributed by atoms with Crippen molar-refractivity contribution in [2.75, 3.05) is 0 Å². The molecule has 0 bridgehead atoms. The fraction of sp³-hybridized carbons (Fsp3) is 0.400. The largest absolute Gasteiger partial charge is 0.328 e. The number of rotatable bonds is 0. The zero-order chi connectivity index (χ0) is 11.2. The molecule has 0 fully saturated rings. The maximum absolute atomic E-state index is 11.6. The van der Waals surface area contributed by atoms with Crippen LogP contribution in [0.15, 0.2) is 21.9 Å². The Balaban J connectivity index is 2.99. The van der Waals surface area contributed by atoms with Gasteiger partial charge in [0.25, 0.3) is 11.1 Å². The molecular weight excluding hydrogens is 194 g/mol. The lowest BCUT2D eigenvalue weighted by Crippen LogP contribution is -2.24. The maximum Gasteiger partial charge on any atom is 0.277 e. The molecule has 0 amide bonds. The summed E-state index contributed by atoms with van der Waals surface area (Å²) in [5.74, 6) is 0. The molecule has 0 aliphatic heterocycles. The standard InChI is InChI=1S/C10H13N3O2/c1-10(2,3)13-6-4-5-11-8(14)7(6)9(15)12-13/h4-5H,1-3H3,(H,11,14)(H,12,15). The Morgan fingerprint density at radius 3 is 2.47 bits per heavy atom. The minimum absolute atomic E-state index is 0.187. The average Bonchev–Trinajstić information content (AvgIpc) is 2.44. The number of aromatic nitrogens is 3. The second kappa shape index (κ2) is 2.85. The number of H-pyrrole nitrogens is 2. The van der Waals surface area contributed by atoms with Crippen LogP contribution >= 0.6 is 0 Å². The lowest BCUT2D eigenvalue weighted by Gasteiger charge is -2.21. The first-order valence-electron chi connectivity index (χ1n) is 4.74. The molecule has 0 aliphatic carbocycles. The third-order valence-electron chi connectivity index (χ3n) is 2.29. The summed E-state index contributed by atoms with van der Waals surface area (Å²) < 4.78 is 1.71. The van der Waals surface area contributed by atoms with Crippen LogP contribution in [0.1, 0.15) is 20.8 Å². The molecule has 2 aromatic heterocycles. The summed E-state index contributed by atoms with van der Waals surface area (Å²) in [4.78, 5) is 25.5. The third-order valence-corrected chi connectivity index (χ3v) is 2.29. The van der Waals surface area contributed by atoms with Crippen molar-refractivity contribution in [2.24, 2.45) is 0 Å². The maximum atomic E-state index is 11.6. The molecule has 2 heterocycles. The normalized spacial score (nSPS) is 12.2. The highest BCUT2D eigenvalue weighted by atomic mass is 16.1. The molecular formula is C10H13N3O2. The summed E-state index contributed by atoms with van der Waals surface area (Å²) >= 11 is 0. The number of aromatic amines is 2. The van der Waals surface area contributed by atoms with E-state index in [9.17, 15) is 9.59 Å². The Bertz CT molecular complexity index is 610. The number of hydrogen-bond donors (Lipinski definition) is 2. The van der Waals surface area contributed by atoms with Crippen LogP contribution in [0.2, 0.25) is 0 Å². The van der Waals surface area contributed by atoms with Gasteiger partial charge in [-0.25, -0.2) is 0 Å². The van der Waals surface area contributed by atoms with E-state index in [1.807, 2.05) is 20.8 Å². The summed E-state index contributed by atoms with van der Waals surface area (Å²) in [6, 6.07) is 1.72. The van der Waals surface area contributed by atoms with E-state index in [-0.39, 0.29) is 22.0 Å². The van der Waals surface area contributed by atoms with Gasteiger partial charge in [0.2, 0.25) is 0 Å². The lowest BCUT2D eigenvalue weighted by molar-refractivity contribution is 0.366. The summed E-state index contributed by atoms with van der Waals surface area (Å²) in [5, 5.41) is 2.86. The van der Waals surface area contributed by atoms with Crippen molar-refractivity contribution < 1.29 is 0 Å². The fourth-order valence-electron chi connectivity index (χ4n) is 1.62. The second-order valence-electron chi connectivity index (χ2n) is 4.51. The molecule has 0 saturated heterocycles. The highest BCUT2D eigenvalue weighted by molar-refractivity contribution is 5.77. The van der Waals surface area contributed by atoms with Crippen LogP contribution in [0, 0.1) is 0 Å². The summed E-state index contributed by atoms with van der Waals surface area (Å²) in [5.41, 5.74) is -0.316. The van der Waals surface area contributed by atoms with Crippen LogP contribution in [0.25, 0.3) is 10.9 Å². The molecule has 0 aliphatic rings. The molecule has 80 valence electrons. The molecule has 5 heteroatoms. The van der Waals surface area contributed by atoms with E-state index in [0.717, 1.165) is 0 Å². The van der Waals surface area contributed by atoms with Gasteiger partial charge in [-0.3, -0.25) is 19.4 Å². The van der Waals surface area contributed by atoms with E-state index >= 15 is 0 Å². The van der Waals surface area contributed by atoms with E-state index in [4.69, 9.17) is 0 Å². The van der Waals surface area contributed by atoms with E-state index in [1.54, 1.807) is 16.9 Å². The molecule has 0 saturated carbocycles. The highest BCUT2D eigenvalue weighted by Gasteiger charge is 2.18. The van der Waals surface area contributed by atoms with Gasteiger partial charge in [0.15, 0.2) is 0 Å². The quantitative estimate of drug-likeness (QED) is 0.670. The number of nitrogens with zero attached hydrogens (tertiary/aromatic N) is 1. The van der Waals surface area contributed by atoms with Crippen molar-refractivity contribution >= 4 is 10.9 Å². The second-order valence-corrected chi connectivity index (χ2v) is 4.51. The van der Waals surface area contributed by atoms with E-state index in [0.29, 0.717) is 5.52 Å². The van der Waals surface area contributed by atoms with E-state index in [1.165, 1.54) is 0 Å². The van der Waals surface area contributed by atoms with Gasteiger partial charge < -0.3 is 4.98 Å². The molecule has 2 N–H and O–H groups in total. The average molecular weight is 207 g/mol. The smallest absolute Gasteiger partial charge is 0.277 e. The predicted molar refractivity (Wildman–Crippen MR) is 58.2 cm³/mol. The summed E-state index contributed by atoms with van der Waals surface area (Å²) in [6.07, 6.45) is 1.54. The number of hydrogen-bond acceptors (Lipinski definition) is 2. The Kier molecular flexibility index (Phi) is 1.86. The Morgan fingerprint density at radius 1 is 1.20 bits per heavy atom. The van der Waals surface area contributed by atoms with Crippen molar-refractivity contribution in [3.63, 3.8) is 0 Å². The lowest BCUT2D eigenvalue weighted by atomic mass is 10.1. The van der Waals surface area contributed by atoms with Crippen LogP contribution in [0.5, 0.6) is 0 Å². The molecule has 0 radical (unpaired) electrons. The zero-order valence-electron chi connectivity index (χ0n) is 8.92. The van der Waals surface area contributed by atoms with Gasteiger partial charge in [0.1, 0.15) is 5.39 Å². The first kappa shape index (κ1) is 9.76. The molecule has 0 aromatic carbocycles. The summed E-state index contributed by atoms with van der Waals surface area (Å²) in [7, 11) is 0. The van der Waals surface area contributed by atoms with Gasteiger partial charge >= 0.3 is 0 Å². The molecule has 2 aromatic rings. The first-order valence-corrected chi connectivity index (χ1v) is 4.74. The van der Waals surface area contributed by atoms with Crippen molar-refractivity contribution in [1.29, 1.82) is 0 Å². The van der Waals surface area contributed by atoms with Crippen molar-refractivity contribution in [1.82, 2.24) is 14.8 Å². The van der Waals surface area contributed by atoms with Gasteiger partial charge in [-0.1, -0.05) is 0 Å². The van der Waals surface area contributed by atoms with Crippen LogP contribution in [0.4, 0.5) is 0 Å². The van der Waals surface area contributed by atoms with Gasteiger partial charge in [-0.15, -0.1) is 0 Å². The van der Waals surface area contributed by atoms with E-state index in [2.05, 4.69) is 10.1 Å². The highest BCUT2D eigenvalue weighted by Crippen LogP contribution is 2.16. The topological polar surface area (TPSA) is 70.7 Å². The van der Waals surface area contributed by atoms with Crippen LogP contribution in [-0.2, 0) is 5.54 Å². The number of nitrogens with one attached hydrogen (secondary N) is 2. The van der Waals surface area contributed by atoms with E-state index < -0.39 is 0 Å². The van der Waals surface area contributed by atoms with Gasteiger partial charge in [-0.2, -0.15) is 0 Å². The third kappa shape index (κ3) is 1.40. The number of pyridine rings is 1. The van der Waals surface area contributed by atoms with Gasteiger partial charge in [-0.05, 0) is 26.8 Å². The minimum atomic E-state index is -0.350. The van der Waals surface area contributed by atoms with Crippen molar-refractivity contribution in [2.45, 2.75) is 26.3 Å². The Morgan fingerprint density at radius 2 is 1.87 bits per heavy atom. The van der Waals surface area contributed by atoms with Crippen molar-refractivity contribution in [3.8, 4) is 0 Å². The van der Waals surface area contributed by atoms with Crippen molar-refractivity contribution in [3.05, 3.63) is 33.0 Å². The molecule has 0 atom stereocenters. The summed E-state index contributed by atoms with van der Waals surface area (Å²) in [6.45, 7) is 5.89. The van der Waals surface area contributed by atoms with Crippen LogP contribution in [0.3, 0.4) is 0 Å². The SMILES string of the molecule is CC(C)(C)n1[nH]c(=O)c2c(=O)[nH]ccc21. The van der Waals surface area contributed by atoms with Gasteiger partial charge in [0, 0.05) is 6.20 Å².